The van der Waals surface area contributed by atoms with Gasteiger partial charge in [-0.25, -0.2) is 0 Å². The summed E-state index contributed by atoms with van der Waals surface area (Å²) in [4.78, 5) is 0. The molecule has 1 aromatic carbocycles. The van der Waals surface area contributed by atoms with Crippen molar-refractivity contribution in [1.29, 1.82) is 0 Å². The van der Waals surface area contributed by atoms with Crippen molar-refractivity contribution in [2.75, 3.05) is 11.9 Å². The topological polar surface area (TPSA) is 29.9 Å². The number of hydrogen-bond donors (Lipinski definition) is 1. The van der Waals surface area contributed by atoms with Crippen LogP contribution in [0.5, 0.6) is 0 Å². The number of para-hydroxylation sites is 1. The van der Waals surface area contributed by atoms with E-state index >= 15 is 0 Å². The van der Waals surface area contributed by atoms with Crippen molar-refractivity contribution in [3.05, 3.63) is 47.8 Å². The molecule has 1 heterocycles. The zero-order valence-electron chi connectivity index (χ0n) is 10.4. The van der Waals surface area contributed by atoms with E-state index < -0.39 is 11.7 Å². The maximum absolute atomic E-state index is 12.7. The van der Waals surface area contributed by atoms with Gasteiger partial charge < -0.3 is 5.32 Å². The van der Waals surface area contributed by atoms with Crippen LogP contribution in [0.15, 0.2) is 36.7 Å². The van der Waals surface area contributed by atoms with Crippen molar-refractivity contribution < 1.29 is 13.2 Å². The van der Waals surface area contributed by atoms with E-state index in [1.807, 2.05) is 13.1 Å². The van der Waals surface area contributed by atoms with Crippen LogP contribution in [0.1, 0.15) is 11.1 Å². The minimum atomic E-state index is -4.34. The number of halogens is 3. The van der Waals surface area contributed by atoms with Crippen molar-refractivity contribution in [1.82, 2.24) is 9.78 Å². The van der Waals surface area contributed by atoms with Crippen molar-refractivity contribution >= 4 is 5.69 Å². The molecule has 2 aromatic rings. The van der Waals surface area contributed by atoms with Crippen LogP contribution in [0.25, 0.3) is 0 Å². The quantitative estimate of drug-likeness (QED) is 0.922. The Kier molecular flexibility index (Phi) is 3.78. The fraction of sp³-hybridized carbons (Fsp3) is 0.308. The van der Waals surface area contributed by atoms with Crippen LogP contribution in [0.2, 0.25) is 0 Å². The van der Waals surface area contributed by atoms with E-state index in [0.29, 0.717) is 13.1 Å². The molecule has 19 heavy (non-hydrogen) atoms. The van der Waals surface area contributed by atoms with Crippen LogP contribution in [0.3, 0.4) is 0 Å². The Morgan fingerprint density at radius 2 is 2.00 bits per heavy atom. The molecule has 0 aliphatic heterocycles. The summed E-state index contributed by atoms with van der Waals surface area (Å²) in [5, 5.41) is 6.87. The number of aryl methyl sites for hydroxylation is 1. The molecular weight excluding hydrogens is 255 g/mol. The van der Waals surface area contributed by atoms with E-state index in [1.165, 1.54) is 12.1 Å². The van der Waals surface area contributed by atoms with Gasteiger partial charge in [0.15, 0.2) is 0 Å². The van der Waals surface area contributed by atoms with E-state index in [9.17, 15) is 13.2 Å². The smallest absolute Gasteiger partial charge is 0.383 e. The Balaban J connectivity index is 2.00. The van der Waals surface area contributed by atoms with E-state index in [0.717, 1.165) is 11.6 Å². The van der Waals surface area contributed by atoms with Gasteiger partial charge in [0.2, 0.25) is 0 Å². The van der Waals surface area contributed by atoms with E-state index in [4.69, 9.17) is 0 Å². The van der Waals surface area contributed by atoms with Crippen molar-refractivity contribution in [2.24, 2.45) is 0 Å². The number of aromatic nitrogens is 2. The first-order valence-corrected chi connectivity index (χ1v) is 5.86. The van der Waals surface area contributed by atoms with Crippen molar-refractivity contribution in [2.45, 2.75) is 19.6 Å². The van der Waals surface area contributed by atoms with Crippen LogP contribution in [0.4, 0.5) is 18.9 Å². The number of nitrogens with zero attached hydrogens (tertiary/aromatic N) is 2. The molecule has 0 amide bonds. The lowest BCUT2D eigenvalue weighted by Crippen LogP contribution is -2.15. The molecule has 0 atom stereocenters. The fourth-order valence-electron chi connectivity index (χ4n) is 1.78. The SMILES string of the molecule is Cc1cnn(CCNc2ccccc2C(F)(F)F)c1. The van der Waals surface area contributed by atoms with Crippen LogP contribution in [0, 0.1) is 6.92 Å². The minimum absolute atomic E-state index is 0.0962. The first-order valence-electron chi connectivity index (χ1n) is 5.86. The molecule has 1 aromatic heterocycles. The summed E-state index contributed by atoms with van der Waals surface area (Å²) in [5.41, 5.74) is 0.473. The molecule has 2 rings (SSSR count). The Hall–Kier alpha value is -1.98. The maximum Gasteiger partial charge on any atom is 0.418 e. The van der Waals surface area contributed by atoms with E-state index in [-0.39, 0.29) is 5.69 Å². The molecule has 0 radical (unpaired) electrons. The lowest BCUT2D eigenvalue weighted by molar-refractivity contribution is -0.136. The highest BCUT2D eigenvalue weighted by atomic mass is 19.4. The van der Waals surface area contributed by atoms with Gasteiger partial charge in [0.25, 0.3) is 0 Å². The standard InChI is InChI=1S/C13H14F3N3/c1-10-8-18-19(9-10)7-6-17-12-5-3-2-4-11(12)13(14,15)16/h2-5,8-9,17H,6-7H2,1H3. The second-order valence-electron chi connectivity index (χ2n) is 4.25. The molecular formula is C13H14F3N3. The van der Waals surface area contributed by atoms with Crippen LogP contribution < -0.4 is 5.32 Å². The summed E-state index contributed by atoms with van der Waals surface area (Å²) in [5.74, 6) is 0. The number of hydrogen-bond acceptors (Lipinski definition) is 2. The molecule has 0 fully saturated rings. The Morgan fingerprint density at radius 3 is 2.63 bits per heavy atom. The highest BCUT2D eigenvalue weighted by molar-refractivity contribution is 5.52. The summed E-state index contributed by atoms with van der Waals surface area (Å²) < 4.78 is 39.9. The van der Waals surface area contributed by atoms with Gasteiger partial charge in [-0.3, -0.25) is 4.68 Å². The highest BCUT2D eigenvalue weighted by Crippen LogP contribution is 2.34. The van der Waals surface area contributed by atoms with Gasteiger partial charge in [0.05, 0.1) is 18.3 Å². The molecule has 1 N–H and O–H groups in total. The summed E-state index contributed by atoms with van der Waals surface area (Å²) in [6, 6.07) is 5.46. The third kappa shape index (κ3) is 3.49. The molecule has 0 aliphatic rings. The molecule has 3 nitrogen and oxygen atoms in total. The molecule has 0 spiro atoms. The maximum atomic E-state index is 12.7. The molecule has 0 unspecified atom stereocenters. The average Bonchev–Trinajstić information content (AvgIpc) is 2.74. The lowest BCUT2D eigenvalue weighted by Gasteiger charge is -2.14. The first kappa shape index (κ1) is 13.5. The predicted molar refractivity (Wildman–Crippen MR) is 66.9 cm³/mol. The van der Waals surface area contributed by atoms with Gasteiger partial charge >= 0.3 is 6.18 Å². The van der Waals surface area contributed by atoms with Crippen molar-refractivity contribution in [3.63, 3.8) is 0 Å². The number of anilines is 1. The number of nitrogens with one attached hydrogen (secondary N) is 1. The zero-order valence-corrected chi connectivity index (χ0v) is 10.4. The van der Waals surface area contributed by atoms with Crippen LogP contribution in [-0.4, -0.2) is 16.3 Å². The van der Waals surface area contributed by atoms with Gasteiger partial charge in [-0.2, -0.15) is 18.3 Å². The largest absolute Gasteiger partial charge is 0.418 e. The van der Waals surface area contributed by atoms with Gasteiger partial charge in [0, 0.05) is 18.4 Å². The fourth-order valence-corrected chi connectivity index (χ4v) is 1.78. The monoisotopic (exact) mass is 269 g/mol. The normalized spacial score (nSPS) is 11.6. The molecule has 6 heteroatoms. The van der Waals surface area contributed by atoms with E-state index in [2.05, 4.69) is 10.4 Å². The first-order chi connectivity index (χ1) is 8.97. The molecule has 0 saturated carbocycles. The second-order valence-corrected chi connectivity index (χ2v) is 4.25. The summed E-state index contributed by atoms with van der Waals surface area (Å²) in [6.07, 6.45) is -0.785. The van der Waals surface area contributed by atoms with Gasteiger partial charge in [-0.15, -0.1) is 0 Å². The third-order valence-electron chi connectivity index (χ3n) is 2.65. The molecule has 102 valence electrons. The summed E-state index contributed by atoms with van der Waals surface area (Å²) >= 11 is 0. The number of rotatable bonds is 4. The molecule has 0 saturated heterocycles. The lowest BCUT2D eigenvalue weighted by atomic mass is 10.1. The summed E-state index contributed by atoms with van der Waals surface area (Å²) in [7, 11) is 0. The predicted octanol–water partition coefficient (Wildman–Crippen LogP) is 3.32. The zero-order chi connectivity index (χ0) is 13.9. The van der Waals surface area contributed by atoms with Crippen LogP contribution in [-0.2, 0) is 12.7 Å². The molecule has 0 bridgehead atoms. The van der Waals surface area contributed by atoms with Gasteiger partial charge in [-0.1, -0.05) is 12.1 Å². The Labute approximate surface area is 109 Å². The average molecular weight is 269 g/mol. The van der Waals surface area contributed by atoms with Gasteiger partial charge in [0.1, 0.15) is 0 Å². The van der Waals surface area contributed by atoms with E-state index in [1.54, 1.807) is 16.9 Å². The number of benzene rings is 1. The summed E-state index contributed by atoms with van der Waals surface area (Å²) in [6.45, 7) is 2.81. The molecule has 0 aliphatic carbocycles. The van der Waals surface area contributed by atoms with Crippen LogP contribution >= 0.6 is 0 Å². The highest BCUT2D eigenvalue weighted by Gasteiger charge is 2.32. The third-order valence-corrected chi connectivity index (χ3v) is 2.65. The second kappa shape index (κ2) is 5.34. The van der Waals surface area contributed by atoms with Crippen molar-refractivity contribution in [3.8, 4) is 0 Å². The Morgan fingerprint density at radius 1 is 1.26 bits per heavy atom. The number of alkyl halides is 3. The Bertz CT molecular complexity index is 546. The van der Waals surface area contributed by atoms with Gasteiger partial charge in [-0.05, 0) is 24.6 Å². The minimum Gasteiger partial charge on any atom is -0.383 e.